The van der Waals surface area contributed by atoms with Gasteiger partial charge in [-0.1, -0.05) is 6.07 Å². The summed E-state index contributed by atoms with van der Waals surface area (Å²) in [5, 5.41) is 9.18. The summed E-state index contributed by atoms with van der Waals surface area (Å²) < 4.78 is 4.75. The average Bonchev–Trinajstić information content (AvgIpc) is 2.17. The zero-order chi connectivity index (χ0) is 11.3. The van der Waals surface area contributed by atoms with Crippen molar-refractivity contribution in [3.05, 3.63) is 35.4 Å². The number of phenolic OH excluding ortho intramolecular Hbond substituents is 1. The fourth-order valence-electron chi connectivity index (χ4n) is 1.20. The summed E-state index contributed by atoms with van der Waals surface area (Å²) in [7, 11) is 0. The van der Waals surface area contributed by atoms with Crippen LogP contribution in [0.4, 0.5) is 0 Å². The molecule has 1 rings (SSSR count). The highest BCUT2D eigenvalue weighted by Gasteiger charge is 1.97. The first-order chi connectivity index (χ1) is 7.13. The standard InChI is InChI=1S/C12H14O3/c1-3-15-12(14)7-5-10-4-6-11(13)8-9(10)2/h4-8,13H,3H2,1-2H3. The molecule has 0 fully saturated rings. The van der Waals surface area contributed by atoms with Crippen LogP contribution in [0.1, 0.15) is 18.1 Å². The number of esters is 1. The molecule has 0 saturated carbocycles. The Balaban J connectivity index is 2.76. The van der Waals surface area contributed by atoms with E-state index in [0.29, 0.717) is 6.61 Å². The van der Waals surface area contributed by atoms with Crippen LogP contribution in [-0.2, 0) is 9.53 Å². The molecule has 15 heavy (non-hydrogen) atoms. The van der Waals surface area contributed by atoms with Crippen LogP contribution in [0.25, 0.3) is 6.08 Å². The molecule has 3 nitrogen and oxygen atoms in total. The molecule has 0 aliphatic rings. The molecule has 0 spiro atoms. The minimum atomic E-state index is -0.357. The average molecular weight is 206 g/mol. The van der Waals surface area contributed by atoms with Crippen LogP contribution in [0, 0.1) is 6.92 Å². The molecular weight excluding hydrogens is 192 g/mol. The van der Waals surface area contributed by atoms with Crippen molar-refractivity contribution >= 4 is 12.0 Å². The SMILES string of the molecule is CCOC(=O)C=Cc1ccc(O)cc1C. The summed E-state index contributed by atoms with van der Waals surface area (Å²) in [6.45, 7) is 4.00. The molecule has 80 valence electrons. The minimum absolute atomic E-state index is 0.223. The van der Waals surface area contributed by atoms with E-state index in [-0.39, 0.29) is 11.7 Å². The van der Waals surface area contributed by atoms with E-state index in [1.807, 2.05) is 6.92 Å². The third kappa shape index (κ3) is 3.46. The molecule has 1 N–H and O–H groups in total. The molecule has 1 aromatic rings. The van der Waals surface area contributed by atoms with E-state index >= 15 is 0 Å². The van der Waals surface area contributed by atoms with E-state index in [1.165, 1.54) is 6.08 Å². The first-order valence-electron chi connectivity index (χ1n) is 4.78. The van der Waals surface area contributed by atoms with Crippen LogP contribution >= 0.6 is 0 Å². The third-order valence-corrected chi connectivity index (χ3v) is 1.94. The maximum atomic E-state index is 11.0. The Bertz CT molecular complexity index is 380. The van der Waals surface area contributed by atoms with Gasteiger partial charge in [-0.25, -0.2) is 4.79 Å². The number of carbonyl (C=O) groups is 1. The van der Waals surface area contributed by atoms with Gasteiger partial charge in [0.1, 0.15) is 5.75 Å². The Kier molecular flexibility index (Phi) is 3.92. The molecule has 0 amide bonds. The van der Waals surface area contributed by atoms with Crippen molar-refractivity contribution in [1.29, 1.82) is 0 Å². The summed E-state index contributed by atoms with van der Waals surface area (Å²) >= 11 is 0. The fraction of sp³-hybridized carbons (Fsp3) is 0.250. The van der Waals surface area contributed by atoms with Crippen LogP contribution in [-0.4, -0.2) is 17.7 Å². The molecule has 1 aromatic carbocycles. The second kappa shape index (κ2) is 5.20. The smallest absolute Gasteiger partial charge is 0.330 e. The van der Waals surface area contributed by atoms with Gasteiger partial charge >= 0.3 is 5.97 Å². The number of carbonyl (C=O) groups excluding carboxylic acids is 1. The molecule has 0 aliphatic carbocycles. The number of hydrogen-bond acceptors (Lipinski definition) is 3. The van der Waals surface area contributed by atoms with Crippen molar-refractivity contribution in [2.75, 3.05) is 6.61 Å². The molecular formula is C12H14O3. The quantitative estimate of drug-likeness (QED) is 0.609. The molecule has 0 unspecified atom stereocenters. The van der Waals surface area contributed by atoms with Crippen molar-refractivity contribution in [3.8, 4) is 5.75 Å². The molecule has 3 heteroatoms. The highest BCUT2D eigenvalue weighted by atomic mass is 16.5. The lowest BCUT2D eigenvalue weighted by atomic mass is 10.1. The Labute approximate surface area is 89.0 Å². The van der Waals surface area contributed by atoms with Gasteiger partial charge in [0.25, 0.3) is 0 Å². The molecule has 0 heterocycles. The number of ether oxygens (including phenoxy) is 1. The zero-order valence-corrected chi connectivity index (χ0v) is 8.86. The number of phenols is 1. The number of hydrogen-bond donors (Lipinski definition) is 1. The largest absolute Gasteiger partial charge is 0.508 e. The monoisotopic (exact) mass is 206 g/mol. The second-order valence-electron chi connectivity index (χ2n) is 3.13. The lowest BCUT2D eigenvalue weighted by Crippen LogP contribution is -1.98. The predicted molar refractivity (Wildman–Crippen MR) is 58.5 cm³/mol. The summed E-state index contributed by atoms with van der Waals surface area (Å²) in [5.41, 5.74) is 1.80. The number of rotatable bonds is 3. The summed E-state index contributed by atoms with van der Waals surface area (Å²) in [6.07, 6.45) is 3.05. The normalized spacial score (nSPS) is 10.5. The maximum Gasteiger partial charge on any atom is 0.330 e. The van der Waals surface area contributed by atoms with Gasteiger partial charge in [0, 0.05) is 6.08 Å². The van der Waals surface area contributed by atoms with Crippen LogP contribution in [0.3, 0.4) is 0 Å². The van der Waals surface area contributed by atoms with Crippen LogP contribution in [0.15, 0.2) is 24.3 Å². The van der Waals surface area contributed by atoms with Gasteiger partial charge in [0.15, 0.2) is 0 Å². The van der Waals surface area contributed by atoms with Crippen molar-refractivity contribution in [1.82, 2.24) is 0 Å². The van der Waals surface area contributed by atoms with Crippen molar-refractivity contribution in [2.45, 2.75) is 13.8 Å². The van der Waals surface area contributed by atoms with E-state index in [9.17, 15) is 9.90 Å². The summed E-state index contributed by atoms with van der Waals surface area (Å²) in [5.74, 6) is -0.134. The number of benzene rings is 1. The van der Waals surface area contributed by atoms with Gasteiger partial charge < -0.3 is 9.84 Å². The van der Waals surface area contributed by atoms with E-state index in [1.54, 1.807) is 31.2 Å². The third-order valence-electron chi connectivity index (χ3n) is 1.94. The molecule has 0 bridgehead atoms. The van der Waals surface area contributed by atoms with E-state index in [4.69, 9.17) is 4.74 Å². The zero-order valence-electron chi connectivity index (χ0n) is 8.86. The first-order valence-corrected chi connectivity index (χ1v) is 4.78. The highest BCUT2D eigenvalue weighted by Crippen LogP contribution is 2.16. The van der Waals surface area contributed by atoms with Gasteiger partial charge in [-0.15, -0.1) is 0 Å². The highest BCUT2D eigenvalue weighted by molar-refractivity contribution is 5.87. The number of aromatic hydroxyl groups is 1. The van der Waals surface area contributed by atoms with Crippen molar-refractivity contribution in [3.63, 3.8) is 0 Å². The van der Waals surface area contributed by atoms with Gasteiger partial charge in [-0.2, -0.15) is 0 Å². The molecule has 0 saturated heterocycles. The van der Waals surface area contributed by atoms with E-state index < -0.39 is 0 Å². The Morgan fingerprint density at radius 3 is 2.87 bits per heavy atom. The first kappa shape index (κ1) is 11.3. The maximum absolute atomic E-state index is 11.0. The van der Waals surface area contributed by atoms with Crippen LogP contribution in [0.5, 0.6) is 5.75 Å². The van der Waals surface area contributed by atoms with Crippen molar-refractivity contribution < 1.29 is 14.6 Å². The van der Waals surface area contributed by atoms with Gasteiger partial charge in [0.05, 0.1) is 6.61 Å². The molecule has 0 aliphatic heterocycles. The Morgan fingerprint density at radius 1 is 1.53 bits per heavy atom. The topological polar surface area (TPSA) is 46.5 Å². The lowest BCUT2D eigenvalue weighted by molar-refractivity contribution is -0.137. The van der Waals surface area contributed by atoms with Gasteiger partial charge in [0.2, 0.25) is 0 Å². The summed E-state index contributed by atoms with van der Waals surface area (Å²) in [4.78, 5) is 11.0. The van der Waals surface area contributed by atoms with Crippen LogP contribution in [0.2, 0.25) is 0 Å². The Hall–Kier alpha value is -1.77. The fourth-order valence-corrected chi connectivity index (χ4v) is 1.20. The molecule has 0 radical (unpaired) electrons. The second-order valence-corrected chi connectivity index (χ2v) is 3.13. The lowest BCUT2D eigenvalue weighted by Gasteiger charge is -2.00. The minimum Gasteiger partial charge on any atom is -0.508 e. The molecule has 0 atom stereocenters. The molecule has 0 aromatic heterocycles. The van der Waals surface area contributed by atoms with Gasteiger partial charge in [-0.3, -0.25) is 0 Å². The van der Waals surface area contributed by atoms with E-state index in [2.05, 4.69) is 0 Å². The number of aryl methyl sites for hydroxylation is 1. The van der Waals surface area contributed by atoms with E-state index in [0.717, 1.165) is 11.1 Å². The summed E-state index contributed by atoms with van der Waals surface area (Å²) in [6, 6.07) is 4.98. The van der Waals surface area contributed by atoms with Crippen molar-refractivity contribution in [2.24, 2.45) is 0 Å². The van der Waals surface area contributed by atoms with Gasteiger partial charge in [-0.05, 0) is 43.2 Å². The predicted octanol–water partition coefficient (Wildman–Crippen LogP) is 2.28. The Morgan fingerprint density at radius 2 is 2.27 bits per heavy atom. The van der Waals surface area contributed by atoms with Crippen LogP contribution < -0.4 is 0 Å².